The molecule has 12 nitrogen and oxygen atoms in total. The van der Waals surface area contributed by atoms with Gasteiger partial charge in [0.2, 0.25) is 17.7 Å². The van der Waals surface area contributed by atoms with Crippen molar-refractivity contribution in [1.29, 1.82) is 0 Å². The third-order valence-corrected chi connectivity index (χ3v) is 5.23. The molecule has 0 aliphatic heterocycles. The lowest BCUT2D eigenvalue weighted by molar-refractivity contribution is -0.143. The molecule has 1 aromatic carbocycles. The van der Waals surface area contributed by atoms with Crippen LogP contribution in [0.5, 0.6) is 5.75 Å². The number of carbonyl (C=O) groups excluding carboxylic acids is 3. The summed E-state index contributed by atoms with van der Waals surface area (Å²) in [6.07, 6.45) is -0.0464. The van der Waals surface area contributed by atoms with E-state index in [1.807, 2.05) is 6.92 Å². The van der Waals surface area contributed by atoms with Crippen molar-refractivity contribution in [2.75, 3.05) is 6.54 Å². The highest BCUT2D eigenvalue weighted by atomic mass is 16.4. The van der Waals surface area contributed by atoms with Crippen LogP contribution in [0.3, 0.4) is 0 Å². The van der Waals surface area contributed by atoms with Crippen LogP contribution in [0.1, 0.15) is 38.7 Å². The van der Waals surface area contributed by atoms with Gasteiger partial charge in [-0.05, 0) is 36.5 Å². The van der Waals surface area contributed by atoms with Gasteiger partial charge in [-0.15, -0.1) is 0 Å². The number of nitrogens with one attached hydrogen (secondary N) is 3. The van der Waals surface area contributed by atoms with Crippen LogP contribution in [0.15, 0.2) is 24.3 Å². The molecule has 0 fully saturated rings. The number of carbonyl (C=O) groups is 5. The Kier molecular flexibility index (Phi) is 11.5. The normalized spacial score (nSPS) is 14.2. The Balaban J connectivity index is 2.69. The van der Waals surface area contributed by atoms with Crippen molar-refractivity contribution in [3.8, 4) is 5.75 Å². The van der Waals surface area contributed by atoms with Crippen molar-refractivity contribution in [3.63, 3.8) is 0 Å². The SMILES string of the molecule is CCC(C)C(NC(=O)C(N)Cc1ccc(O)cc1)C(=O)NCC(=O)NC(CCC(=O)O)C(=O)O. The molecular formula is C22H32N4O8. The topological polar surface area (TPSA) is 208 Å². The van der Waals surface area contributed by atoms with Crippen molar-refractivity contribution >= 4 is 29.7 Å². The fourth-order valence-corrected chi connectivity index (χ4v) is 2.99. The van der Waals surface area contributed by atoms with Gasteiger partial charge < -0.3 is 37.0 Å². The van der Waals surface area contributed by atoms with Crippen LogP contribution >= 0.6 is 0 Å². The summed E-state index contributed by atoms with van der Waals surface area (Å²) in [4.78, 5) is 59.1. The van der Waals surface area contributed by atoms with E-state index in [2.05, 4.69) is 16.0 Å². The first-order chi connectivity index (χ1) is 15.9. The van der Waals surface area contributed by atoms with Crippen LogP contribution in [-0.2, 0) is 30.4 Å². The van der Waals surface area contributed by atoms with Gasteiger partial charge in [0.25, 0.3) is 0 Å². The predicted octanol–water partition coefficient (Wildman–Crippen LogP) is -0.657. The molecule has 1 rings (SSSR count). The summed E-state index contributed by atoms with van der Waals surface area (Å²) >= 11 is 0. The number of hydrogen-bond acceptors (Lipinski definition) is 7. The zero-order valence-corrected chi connectivity index (χ0v) is 19.1. The third kappa shape index (κ3) is 9.86. The Hall–Kier alpha value is -3.67. The smallest absolute Gasteiger partial charge is 0.326 e. The number of aromatic hydroxyl groups is 1. The second kappa shape index (κ2) is 13.8. The molecule has 0 bridgehead atoms. The molecule has 3 amide bonds. The number of hydrogen-bond donors (Lipinski definition) is 7. The Morgan fingerprint density at radius 2 is 1.62 bits per heavy atom. The minimum absolute atomic E-state index is 0.0795. The van der Waals surface area contributed by atoms with E-state index in [1.165, 1.54) is 12.1 Å². The molecule has 1 aromatic rings. The van der Waals surface area contributed by atoms with E-state index in [0.717, 1.165) is 5.56 Å². The highest BCUT2D eigenvalue weighted by Crippen LogP contribution is 2.12. The average molecular weight is 481 g/mol. The van der Waals surface area contributed by atoms with Gasteiger partial charge in [-0.3, -0.25) is 19.2 Å². The van der Waals surface area contributed by atoms with Crippen LogP contribution in [0.4, 0.5) is 0 Å². The molecule has 0 saturated carbocycles. The van der Waals surface area contributed by atoms with Gasteiger partial charge in [-0.2, -0.15) is 0 Å². The highest BCUT2D eigenvalue weighted by molar-refractivity contribution is 5.92. The second-order valence-corrected chi connectivity index (χ2v) is 7.96. The van der Waals surface area contributed by atoms with Crippen LogP contribution in [0, 0.1) is 5.92 Å². The van der Waals surface area contributed by atoms with Crippen LogP contribution in [-0.4, -0.2) is 69.7 Å². The minimum Gasteiger partial charge on any atom is -0.508 e. The molecule has 0 aromatic heterocycles. The van der Waals surface area contributed by atoms with Gasteiger partial charge in [0.15, 0.2) is 0 Å². The Labute approximate surface area is 196 Å². The van der Waals surface area contributed by atoms with E-state index in [0.29, 0.717) is 6.42 Å². The van der Waals surface area contributed by atoms with E-state index in [9.17, 15) is 29.1 Å². The summed E-state index contributed by atoms with van der Waals surface area (Å²) in [5.41, 5.74) is 6.68. The number of phenols is 1. The quantitative estimate of drug-likeness (QED) is 0.180. The van der Waals surface area contributed by atoms with E-state index >= 15 is 0 Å². The monoisotopic (exact) mass is 480 g/mol. The number of nitrogens with two attached hydrogens (primary N) is 1. The number of carboxylic acid groups (broad SMARTS) is 2. The zero-order valence-electron chi connectivity index (χ0n) is 19.1. The fourth-order valence-electron chi connectivity index (χ4n) is 2.99. The lowest BCUT2D eigenvalue weighted by Gasteiger charge is -2.25. The molecule has 0 heterocycles. The fraction of sp³-hybridized carbons (Fsp3) is 0.500. The molecule has 8 N–H and O–H groups in total. The lowest BCUT2D eigenvalue weighted by atomic mass is 9.97. The van der Waals surface area contributed by atoms with Crippen LogP contribution in [0.25, 0.3) is 0 Å². The molecule has 34 heavy (non-hydrogen) atoms. The van der Waals surface area contributed by atoms with Gasteiger partial charge in [0.1, 0.15) is 17.8 Å². The minimum atomic E-state index is -1.41. The molecule has 0 spiro atoms. The van der Waals surface area contributed by atoms with Crippen molar-refractivity contribution in [3.05, 3.63) is 29.8 Å². The average Bonchev–Trinajstić information content (AvgIpc) is 2.78. The second-order valence-electron chi connectivity index (χ2n) is 7.96. The summed E-state index contributed by atoms with van der Waals surface area (Å²) in [6, 6.07) is 2.83. The zero-order chi connectivity index (χ0) is 25.8. The van der Waals surface area contributed by atoms with E-state index in [1.54, 1.807) is 19.1 Å². The maximum atomic E-state index is 12.7. The molecule has 12 heteroatoms. The van der Waals surface area contributed by atoms with Gasteiger partial charge in [-0.1, -0.05) is 32.4 Å². The van der Waals surface area contributed by atoms with Gasteiger partial charge in [0, 0.05) is 6.42 Å². The Morgan fingerprint density at radius 1 is 1.00 bits per heavy atom. The maximum absolute atomic E-state index is 12.7. The first-order valence-corrected chi connectivity index (χ1v) is 10.8. The summed E-state index contributed by atoms with van der Waals surface area (Å²) in [7, 11) is 0. The standard InChI is InChI=1S/C22H32N4O8/c1-3-12(2)19(26-20(31)15(23)10-13-4-6-14(27)7-5-13)21(32)24-11-17(28)25-16(22(33)34)8-9-18(29)30/h4-7,12,15-16,19,27H,3,8-11,23H2,1-2H3,(H,24,32)(H,25,28)(H,26,31)(H,29,30)(H,33,34). The Morgan fingerprint density at radius 3 is 2.15 bits per heavy atom. The van der Waals surface area contributed by atoms with Crippen molar-refractivity contribution < 1.29 is 39.3 Å². The molecule has 0 aliphatic rings. The molecule has 0 radical (unpaired) electrons. The number of phenolic OH excluding ortho intramolecular Hbond substituents is 1. The van der Waals surface area contributed by atoms with Crippen molar-refractivity contribution in [2.24, 2.45) is 11.7 Å². The number of aliphatic carboxylic acids is 2. The molecular weight excluding hydrogens is 448 g/mol. The first kappa shape index (κ1) is 28.4. The maximum Gasteiger partial charge on any atom is 0.326 e. The molecule has 188 valence electrons. The van der Waals surface area contributed by atoms with Crippen LogP contribution < -0.4 is 21.7 Å². The summed E-state index contributed by atoms with van der Waals surface area (Å²) in [5, 5.41) is 34.3. The third-order valence-electron chi connectivity index (χ3n) is 5.23. The molecule has 4 unspecified atom stereocenters. The summed E-state index contributed by atoms with van der Waals surface area (Å²) in [6.45, 7) is 3.00. The van der Waals surface area contributed by atoms with E-state index < -0.39 is 60.8 Å². The van der Waals surface area contributed by atoms with Crippen molar-refractivity contribution in [1.82, 2.24) is 16.0 Å². The molecule has 0 saturated heterocycles. The van der Waals surface area contributed by atoms with E-state index in [-0.39, 0.29) is 24.5 Å². The summed E-state index contributed by atoms with van der Waals surface area (Å²) < 4.78 is 0. The molecule has 4 atom stereocenters. The van der Waals surface area contributed by atoms with E-state index in [4.69, 9.17) is 15.9 Å². The summed E-state index contributed by atoms with van der Waals surface area (Å²) in [5.74, 6) is -4.85. The largest absolute Gasteiger partial charge is 0.508 e. The number of carboxylic acids is 2. The Bertz CT molecular complexity index is 874. The molecule has 0 aliphatic carbocycles. The van der Waals surface area contributed by atoms with Crippen molar-refractivity contribution in [2.45, 2.75) is 57.7 Å². The number of amides is 3. The van der Waals surface area contributed by atoms with Gasteiger partial charge in [-0.25, -0.2) is 4.79 Å². The lowest BCUT2D eigenvalue weighted by Crippen LogP contribution is -2.56. The van der Waals surface area contributed by atoms with Crippen LogP contribution in [0.2, 0.25) is 0 Å². The highest BCUT2D eigenvalue weighted by Gasteiger charge is 2.29. The number of benzene rings is 1. The number of rotatable bonds is 14. The van der Waals surface area contributed by atoms with Gasteiger partial charge >= 0.3 is 11.9 Å². The predicted molar refractivity (Wildman–Crippen MR) is 121 cm³/mol. The van der Waals surface area contributed by atoms with Gasteiger partial charge in [0.05, 0.1) is 12.6 Å². The first-order valence-electron chi connectivity index (χ1n) is 10.8.